The van der Waals surface area contributed by atoms with Crippen molar-refractivity contribution in [2.24, 2.45) is 10.7 Å². The van der Waals surface area contributed by atoms with Crippen molar-refractivity contribution in [2.45, 2.75) is 6.92 Å². The zero-order chi connectivity index (χ0) is 17.5. The van der Waals surface area contributed by atoms with E-state index in [0.29, 0.717) is 12.5 Å². The lowest BCUT2D eigenvalue weighted by molar-refractivity contribution is 1.12. The lowest BCUT2D eigenvalue weighted by Crippen LogP contribution is -2.24. The van der Waals surface area contributed by atoms with Crippen LogP contribution in [0.4, 0.5) is 5.69 Å². The van der Waals surface area contributed by atoms with Gasteiger partial charge < -0.3 is 11.1 Å². The number of anilines is 1. The molecule has 0 unspecified atom stereocenters. The van der Waals surface area contributed by atoms with E-state index in [1.54, 1.807) is 0 Å². The summed E-state index contributed by atoms with van der Waals surface area (Å²) in [5.41, 5.74) is 6.87. The first-order valence-corrected chi connectivity index (χ1v) is 9.69. The number of benzene rings is 3. The highest BCUT2D eigenvalue weighted by atomic mass is 31.1. The number of aliphatic imine (C=N–C) groups is 1. The van der Waals surface area contributed by atoms with Crippen molar-refractivity contribution in [3.05, 3.63) is 84.9 Å². The van der Waals surface area contributed by atoms with Crippen molar-refractivity contribution in [3.8, 4) is 0 Å². The van der Waals surface area contributed by atoms with E-state index in [9.17, 15) is 0 Å². The Morgan fingerprint density at radius 1 is 0.840 bits per heavy atom. The van der Waals surface area contributed by atoms with Crippen LogP contribution in [0.25, 0.3) is 0 Å². The number of nitrogens with one attached hydrogen (secondary N) is 1. The van der Waals surface area contributed by atoms with Crippen LogP contribution < -0.4 is 27.0 Å². The maximum absolute atomic E-state index is 5.91. The molecule has 25 heavy (non-hydrogen) atoms. The van der Waals surface area contributed by atoms with Gasteiger partial charge in [-0.05, 0) is 42.9 Å². The van der Waals surface area contributed by atoms with E-state index in [1.807, 2.05) is 13.0 Å². The third-order valence-corrected chi connectivity index (χ3v) is 6.16. The predicted octanol–water partition coefficient (Wildman–Crippen LogP) is 3.19. The molecule has 0 fully saturated rings. The van der Waals surface area contributed by atoms with E-state index in [2.05, 4.69) is 89.2 Å². The summed E-state index contributed by atoms with van der Waals surface area (Å²) < 4.78 is 0. The van der Waals surface area contributed by atoms with E-state index in [4.69, 9.17) is 5.73 Å². The third-order valence-electron chi connectivity index (χ3n) is 3.73. The first kappa shape index (κ1) is 17.2. The Morgan fingerprint density at radius 3 is 1.96 bits per heavy atom. The highest BCUT2D eigenvalue weighted by Crippen LogP contribution is 2.33. The largest absolute Gasteiger partial charge is 0.370 e. The molecule has 0 bridgehead atoms. The average Bonchev–Trinajstić information content (AvgIpc) is 2.64. The minimum atomic E-state index is -0.616. The van der Waals surface area contributed by atoms with E-state index in [-0.39, 0.29) is 0 Å². The van der Waals surface area contributed by atoms with Crippen LogP contribution in [0.2, 0.25) is 0 Å². The summed E-state index contributed by atoms with van der Waals surface area (Å²) in [5, 5.41) is 7.12. The fraction of sp³-hybridized carbons (Fsp3) is 0.0952. The van der Waals surface area contributed by atoms with Gasteiger partial charge in [0.25, 0.3) is 0 Å². The van der Waals surface area contributed by atoms with Gasteiger partial charge in [0, 0.05) is 12.2 Å². The predicted molar refractivity (Wildman–Crippen MR) is 111 cm³/mol. The van der Waals surface area contributed by atoms with Crippen LogP contribution in [-0.4, -0.2) is 12.5 Å². The Labute approximate surface area is 150 Å². The van der Waals surface area contributed by atoms with Crippen LogP contribution in [-0.2, 0) is 0 Å². The van der Waals surface area contributed by atoms with Crippen molar-refractivity contribution in [1.82, 2.24) is 0 Å². The van der Waals surface area contributed by atoms with Gasteiger partial charge in [0.1, 0.15) is 0 Å². The molecule has 4 heteroatoms. The molecular formula is C21H22N3P. The Morgan fingerprint density at radius 2 is 1.40 bits per heavy atom. The van der Waals surface area contributed by atoms with E-state index in [0.717, 1.165) is 5.69 Å². The van der Waals surface area contributed by atoms with Crippen molar-refractivity contribution in [2.75, 3.05) is 11.9 Å². The van der Waals surface area contributed by atoms with Crippen molar-refractivity contribution >= 4 is 35.5 Å². The molecule has 0 aliphatic carbocycles. The maximum Gasteiger partial charge on any atom is 0.193 e. The SMILES string of the molecule is CC/N=C(/N)Nc1cccc(P(c2ccccc2)c2ccccc2)c1. The summed E-state index contributed by atoms with van der Waals surface area (Å²) in [5.74, 6) is 0.448. The van der Waals surface area contributed by atoms with Crippen LogP contribution in [0.3, 0.4) is 0 Å². The van der Waals surface area contributed by atoms with E-state index in [1.165, 1.54) is 15.9 Å². The second-order valence-electron chi connectivity index (χ2n) is 5.54. The van der Waals surface area contributed by atoms with Gasteiger partial charge in [0.05, 0.1) is 0 Å². The molecule has 0 aromatic heterocycles. The first-order chi connectivity index (χ1) is 12.3. The van der Waals surface area contributed by atoms with Crippen molar-refractivity contribution in [1.29, 1.82) is 0 Å². The van der Waals surface area contributed by atoms with Gasteiger partial charge in [-0.3, -0.25) is 4.99 Å². The molecule has 0 aliphatic rings. The first-order valence-electron chi connectivity index (χ1n) is 8.35. The standard InChI is InChI=1S/C21H22N3P/c1-2-23-21(22)24-17-10-9-15-20(16-17)25(18-11-5-3-6-12-18)19-13-7-4-8-14-19/h3-16H,2H2,1H3,(H3,22,23,24). The quantitative estimate of drug-likeness (QED) is 0.423. The molecular weight excluding hydrogens is 325 g/mol. The molecule has 0 saturated heterocycles. The van der Waals surface area contributed by atoms with Gasteiger partial charge in [0.2, 0.25) is 0 Å². The minimum Gasteiger partial charge on any atom is -0.370 e. The van der Waals surface area contributed by atoms with Crippen LogP contribution in [0, 0.1) is 0 Å². The van der Waals surface area contributed by atoms with E-state index >= 15 is 0 Å². The van der Waals surface area contributed by atoms with Gasteiger partial charge in [-0.15, -0.1) is 0 Å². The average molecular weight is 347 g/mol. The molecule has 3 aromatic rings. The number of rotatable bonds is 5. The fourth-order valence-corrected chi connectivity index (χ4v) is 5.02. The molecule has 0 heterocycles. The molecule has 126 valence electrons. The fourth-order valence-electron chi connectivity index (χ4n) is 2.68. The molecule has 0 spiro atoms. The molecule has 3 nitrogen and oxygen atoms in total. The van der Waals surface area contributed by atoms with Crippen molar-refractivity contribution in [3.63, 3.8) is 0 Å². The van der Waals surface area contributed by atoms with Gasteiger partial charge in [-0.1, -0.05) is 72.8 Å². The Bertz CT molecular complexity index is 793. The lowest BCUT2D eigenvalue weighted by Gasteiger charge is -2.20. The summed E-state index contributed by atoms with van der Waals surface area (Å²) in [6.45, 7) is 2.63. The summed E-state index contributed by atoms with van der Waals surface area (Å²) >= 11 is 0. The van der Waals surface area contributed by atoms with Crippen LogP contribution in [0.5, 0.6) is 0 Å². The Hall–Kier alpha value is -2.64. The molecule has 0 aliphatic heterocycles. The summed E-state index contributed by atoms with van der Waals surface area (Å²) in [6.07, 6.45) is 0. The van der Waals surface area contributed by atoms with Crippen LogP contribution in [0.15, 0.2) is 89.9 Å². The molecule has 3 N–H and O–H groups in total. The Balaban J connectivity index is 2.01. The Kier molecular flexibility index (Phi) is 5.81. The van der Waals surface area contributed by atoms with Gasteiger partial charge >= 0.3 is 0 Å². The van der Waals surface area contributed by atoms with E-state index < -0.39 is 7.92 Å². The summed E-state index contributed by atoms with van der Waals surface area (Å²) in [7, 11) is -0.616. The van der Waals surface area contributed by atoms with Gasteiger partial charge in [-0.25, -0.2) is 0 Å². The normalized spacial score (nSPS) is 11.5. The molecule has 3 rings (SSSR count). The number of nitrogens with zero attached hydrogens (tertiary/aromatic N) is 1. The highest BCUT2D eigenvalue weighted by molar-refractivity contribution is 7.79. The smallest absolute Gasteiger partial charge is 0.193 e. The van der Waals surface area contributed by atoms with Crippen molar-refractivity contribution < 1.29 is 0 Å². The molecule has 0 saturated carbocycles. The molecule has 0 amide bonds. The second-order valence-corrected chi connectivity index (χ2v) is 7.76. The molecule has 0 atom stereocenters. The summed E-state index contributed by atoms with van der Waals surface area (Å²) in [4.78, 5) is 4.20. The zero-order valence-corrected chi connectivity index (χ0v) is 15.2. The molecule has 3 aromatic carbocycles. The number of hydrogen-bond donors (Lipinski definition) is 2. The molecule has 0 radical (unpaired) electrons. The monoisotopic (exact) mass is 347 g/mol. The van der Waals surface area contributed by atoms with Gasteiger partial charge in [0.15, 0.2) is 5.96 Å². The minimum absolute atomic E-state index is 0.448. The highest BCUT2D eigenvalue weighted by Gasteiger charge is 2.16. The lowest BCUT2D eigenvalue weighted by atomic mass is 10.3. The van der Waals surface area contributed by atoms with Crippen LogP contribution in [0.1, 0.15) is 6.92 Å². The topological polar surface area (TPSA) is 50.4 Å². The van der Waals surface area contributed by atoms with Gasteiger partial charge in [-0.2, -0.15) is 0 Å². The van der Waals surface area contributed by atoms with Crippen LogP contribution >= 0.6 is 7.92 Å². The maximum atomic E-state index is 5.91. The summed E-state index contributed by atoms with van der Waals surface area (Å²) in [6, 6.07) is 29.8. The zero-order valence-electron chi connectivity index (χ0n) is 14.3. The third kappa shape index (κ3) is 4.46. The number of hydrogen-bond acceptors (Lipinski definition) is 1. The number of guanidine groups is 1. The number of nitrogens with two attached hydrogens (primary N) is 1. The second kappa shape index (κ2) is 8.46.